The van der Waals surface area contributed by atoms with E-state index in [2.05, 4.69) is 11.8 Å². The first-order chi connectivity index (χ1) is 9.33. The Kier molecular flexibility index (Phi) is 10.5. The van der Waals surface area contributed by atoms with E-state index in [9.17, 15) is 5.11 Å². The Labute approximate surface area is 120 Å². The molecule has 0 unspecified atom stereocenters. The summed E-state index contributed by atoms with van der Waals surface area (Å²) in [4.78, 5) is 2.53. The average Bonchev–Trinajstić information content (AvgIpc) is 2.43. The summed E-state index contributed by atoms with van der Waals surface area (Å²) >= 11 is 0. The molecule has 1 N–H and O–H groups in total. The highest BCUT2D eigenvalue weighted by molar-refractivity contribution is 4.70. The summed E-state index contributed by atoms with van der Waals surface area (Å²) in [6, 6.07) is 0. The molecule has 0 aromatic heterocycles. The number of aliphatic hydroxyl groups is 1. The third-order valence-electron chi connectivity index (χ3n) is 4.38. The van der Waals surface area contributed by atoms with Gasteiger partial charge in [0.05, 0.1) is 6.10 Å². The molecule has 1 fully saturated rings. The number of likely N-dealkylation sites (tertiary alicyclic amines) is 1. The van der Waals surface area contributed by atoms with Crippen LogP contribution in [0.1, 0.15) is 84.0 Å². The Bertz CT molecular complexity index is 188. The minimum Gasteiger partial charge on any atom is -0.393 e. The lowest BCUT2D eigenvalue weighted by Crippen LogP contribution is -2.36. The molecule has 2 heteroatoms. The van der Waals surface area contributed by atoms with Crippen molar-refractivity contribution in [2.75, 3.05) is 19.6 Å². The van der Waals surface area contributed by atoms with Crippen LogP contribution in [0.25, 0.3) is 0 Å². The van der Waals surface area contributed by atoms with Crippen molar-refractivity contribution < 1.29 is 5.11 Å². The molecule has 1 aliphatic rings. The quantitative estimate of drug-likeness (QED) is 0.563. The molecular weight excluding hydrogens is 234 g/mol. The second-order valence-electron chi connectivity index (χ2n) is 6.25. The number of hydrogen-bond acceptors (Lipinski definition) is 2. The fourth-order valence-corrected chi connectivity index (χ4v) is 2.97. The van der Waals surface area contributed by atoms with Gasteiger partial charge in [0.2, 0.25) is 0 Å². The summed E-state index contributed by atoms with van der Waals surface area (Å²) in [7, 11) is 0. The van der Waals surface area contributed by atoms with Crippen LogP contribution in [0.4, 0.5) is 0 Å². The average molecular weight is 269 g/mol. The van der Waals surface area contributed by atoms with Gasteiger partial charge in [0.15, 0.2) is 0 Å². The number of hydrogen-bond donors (Lipinski definition) is 1. The summed E-state index contributed by atoms with van der Waals surface area (Å²) in [5.41, 5.74) is 0. The summed E-state index contributed by atoms with van der Waals surface area (Å²) in [5, 5.41) is 9.45. The zero-order chi connectivity index (χ0) is 13.8. The van der Waals surface area contributed by atoms with Crippen LogP contribution in [0.2, 0.25) is 0 Å². The lowest BCUT2D eigenvalue weighted by Gasteiger charge is -2.29. The molecule has 0 amide bonds. The van der Waals surface area contributed by atoms with E-state index in [0.29, 0.717) is 0 Å². The Morgan fingerprint density at radius 1 is 0.789 bits per heavy atom. The van der Waals surface area contributed by atoms with Gasteiger partial charge >= 0.3 is 0 Å². The van der Waals surface area contributed by atoms with Crippen molar-refractivity contribution in [3.63, 3.8) is 0 Å². The van der Waals surface area contributed by atoms with Crippen molar-refractivity contribution in [2.45, 2.75) is 90.1 Å². The van der Waals surface area contributed by atoms with Crippen molar-refractivity contribution in [1.29, 1.82) is 0 Å². The second kappa shape index (κ2) is 11.7. The number of aliphatic hydroxyl groups excluding tert-OH is 1. The lowest BCUT2D eigenvalue weighted by molar-refractivity contribution is 0.0817. The monoisotopic (exact) mass is 269 g/mol. The lowest BCUT2D eigenvalue weighted by atomic mass is 10.1. The van der Waals surface area contributed by atoms with E-state index in [1.54, 1.807) is 0 Å². The van der Waals surface area contributed by atoms with Gasteiger partial charge in [-0.2, -0.15) is 0 Å². The molecule has 19 heavy (non-hydrogen) atoms. The van der Waals surface area contributed by atoms with Crippen molar-refractivity contribution in [3.05, 3.63) is 0 Å². The van der Waals surface area contributed by atoms with Crippen LogP contribution in [0.5, 0.6) is 0 Å². The molecule has 0 aromatic carbocycles. The van der Waals surface area contributed by atoms with Gasteiger partial charge < -0.3 is 10.0 Å². The zero-order valence-electron chi connectivity index (χ0n) is 13.1. The topological polar surface area (TPSA) is 23.5 Å². The summed E-state index contributed by atoms with van der Waals surface area (Å²) in [6.07, 6.45) is 16.1. The van der Waals surface area contributed by atoms with Crippen molar-refractivity contribution in [3.8, 4) is 0 Å². The highest BCUT2D eigenvalue weighted by Crippen LogP contribution is 2.13. The normalized spacial score (nSPS) is 18.0. The number of piperidine rings is 1. The highest BCUT2D eigenvalue weighted by atomic mass is 16.3. The van der Waals surface area contributed by atoms with Crippen LogP contribution >= 0.6 is 0 Å². The van der Waals surface area contributed by atoms with Crippen molar-refractivity contribution in [2.24, 2.45) is 0 Å². The van der Waals surface area contributed by atoms with Crippen LogP contribution in [0.3, 0.4) is 0 Å². The molecule has 2 nitrogen and oxygen atoms in total. The van der Waals surface area contributed by atoms with Crippen LogP contribution in [0.15, 0.2) is 0 Å². The number of rotatable bonds is 11. The SMILES string of the molecule is CCCCCCCCCCCCN1CCC(O)CC1. The highest BCUT2D eigenvalue weighted by Gasteiger charge is 2.15. The Morgan fingerprint density at radius 2 is 1.26 bits per heavy atom. The third-order valence-corrected chi connectivity index (χ3v) is 4.38. The van der Waals surface area contributed by atoms with Crippen LogP contribution in [-0.4, -0.2) is 35.7 Å². The summed E-state index contributed by atoms with van der Waals surface area (Å²) in [5.74, 6) is 0. The molecule has 0 aliphatic carbocycles. The Hall–Kier alpha value is -0.0800. The summed E-state index contributed by atoms with van der Waals surface area (Å²) in [6.45, 7) is 5.75. The molecule has 1 heterocycles. The minimum absolute atomic E-state index is 0.0241. The maximum absolute atomic E-state index is 9.45. The molecule has 0 aromatic rings. The van der Waals surface area contributed by atoms with Gasteiger partial charge in [0.1, 0.15) is 0 Å². The van der Waals surface area contributed by atoms with Crippen molar-refractivity contribution >= 4 is 0 Å². The third kappa shape index (κ3) is 9.45. The molecule has 0 atom stereocenters. The van der Waals surface area contributed by atoms with Crippen molar-refractivity contribution in [1.82, 2.24) is 4.90 Å². The molecule has 1 saturated heterocycles. The molecule has 0 spiro atoms. The predicted molar refractivity (Wildman–Crippen MR) is 83.5 cm³/mol. The van der Waals surface area contributed by atoms with Gasteiger partial charge in [0, 0.05) is 13.1 Å². The van der Waals surface area contributed by atoms with E-state index in [0.717, 1.165) is 25.9 Å². The largest absolute Gasteiger partial charge is 0.393 e. The van der Waals surface area contributed by atoms with E-state index in [-0.39, 0.29) is 6.10 Å². The molecule has 0 saturated carbocycles. The maximum Gasteiger partial charge on any atom is 0.0564 e. The standard InChI is InChI=1S/C17H35NO/c1-2-3-4-5-6-7-8-9-10-11-14-18-15-12-17(19)13-16-18/h17,19H,2-16H2,1H3. The summed E-state index contributed by atoms with van der Waals surface area (Å²) < 4.78 is 0. The van der Waals surface area contributed by atoms with Crippen LogP contribution in [-0.2, 0) is 0 Å². The zero-order valence-corrected chi connectivity index (χ0v) is 13.1. The number of unbranched alkanes of at least 4 members (excludes halogenated alkanes) is 9. The van der Waals surface area contributed by atoms with Gasteiger partial charge in [-0.15, -0.1) is 0 Å². The molecule has 1 aliphatic heterocycles. The maximum atomic E-state index is 9.45. The second-order valence-corrected chi connectivity index (χ2v) is 6.25. The molecular formula is C17H35NO. The van der Waals surface area contributed by atoms with Gasteiger partial charge in [0.25, 0.3) is 0 Å². The molecule has 1 rings (SSSR count). The fourth-order valence-electron chi connectivity index (χ4n) is 2.97. The van der Waals surface area contributed by atoms with E-state index < -0.39 is 0 Å². The van der Waals surface area contributed by atoms with Gasteiger partial charge in [-0.1, -0.05) is 64.7 Å². The number of nitrogens with zero attached hydrogens (tertiary/aromatic N) is 1. The fraction of sp³-hybridized carbons (Fsp3) is 1.00. The van der Waals surface area contributed by atoms with Gasteiger partial charge in [-0.05, 0) is 25.8 Å². The minimum atomic E-state index is -0.0241. The van der Waals surface area contributed by atoms with E-state index in [1.807, 2.05) is 0 Å². The van der Waals surface area contributed by atoms with Gasteiger partial charge in [-0.25, -0.2) is 0 Å². The Balaban J connectivity index is 1.76. The van der Waals surface area contributed by atoms with E-state index in [1.165, 1.54) is 70.8 Å². The predicted octanol–water partition coefficient (Wildman–Crippen LogP) is 4.36. The smallest absolute Gasteiger partial charge is 0.0564 e. The molecule has 114 valence electrons. The molecule has 0 bridgehead atoms. The van der Waals surface area contributed by atoms with Crippen LogP contribution in [0, 0.1) is 0 Å². The van der Waals surface area contributed by atoms with Gasteiger partial charge in [-0.3, -0.25) is 0 Å². The van der Waals surface area contributed by atoms with E-state index in [4.69, 9.17) is 0 Å². The first kappa shape index (κ1) is 17.0. The first-order valence-corrected chi connectivity index (χ1v) is 8.73. The van der Waals surface area contributed by atoms with Crippen LogP contribution < -0.4 is 0 Å². The Morgan fingerprint density at radius 3 is 1.79 bits per heavy atom. The first-order valence-electron chi connectivity index (χ1n) is 8.73. The van der Waals surface area contributed by atoms with E-state index >= 15 is 0 Å². The molecule has 0 radical (unpaired) electrons.